The summed E-state index contributed by atoms with van der Waals surface area (Å²) >= 11 is 0. The third kappa shape index (κ3) is 1.67. The van der Waals surface area contributed by atoms with E-state index in [2.05, 4.69) is 37.3 Å². The second-order valence-corrected chi connectivity index (χ2v) is 4.22. The van der Waals surface area contributed by atoms with Crippen LogP contribution in [-0.4, -0.2) is 36.7 Å². The largest absolute Gasteiger partial charge is 0.340 e. The van der Waals surface area contributed by atoms with Gasteiger partial charge in [-0.2, -0.15) is 0 Å². The lowest BCUT2D eigenvalue weighted by atomic mass is 10.2. The standard InChI is InChI=1S/C10H15N7/c1-2-3-4-5-16-7-17-10(13-14-15-17)8-9(16)12-6-11-8/h6H,2-5,7H2,1H3,(H,11,12). The SMILES string of the molecule is CCCCCN1Cn2nnnc2-c2[nH]cnc21. The van der Waals surface area contributed by atoms with Crippen LogP contribution >= 0.6 is 0 Å². The number of imidazole rings is 1. The monoisotopic (exact) mass is 233 g/mol. The number of hydrogen-bond donors (Lipinski definition) is 1. The van der Waals surface area contributed by atoms with Gasteiger partial charge in [-0.25, -0.2) is 9.67 Å². The van der Waals surface area contributed by atoms with Gasteiger partial charge in [-0.3, -0.25) is 0 Å². The Hall–Kier alpha value is -1.92. The number of unbranched alkanes of at least 4 members (excludes halogenated alkanes) is 2. The minimum Gasteiger partial charge on any atom is -0.340 e. The lowest BCUT2D eigenvalue weighted by Crippen LogP contribution is -2.32. The molecule has 0 saturated carbocycles. The molecule has 0 radical (unpaired) electrons. The fourth-order valence-corrected chi connectivity index (χ4v) is 2.13. The number of fused-ring (bicyclic) bond motifs is 3. The molecule has 0 unspecified atom stereocenters. The molecular weight excluding hydrogens is 218 g/mol. The summed E-state index contributed by atoms with van der Waals surface area (Å²) in [5.41, 5.74) is 0.915. The van der Waals surface area contributed by atoms with Gasteiger partial charge in [0, 0.05) is 6.54 Å². The van der Waals surface area contributed by atoms with Crippen LogP contribution < -0.4 is 4.90 Å². The Morgan fingerprint density at radius 1 is 1.41 bits per heavy atom. The number of H-pyrrole nitrogens is 1. The summed E-state index contributed by atoms with van der Waals surface area (Å²) in [5, 5.41) is 11.7. The highest BCUT2D eigenvalue weighted by Crippen LogP contribution is 2.30. The van der Waals surface area contributed by atoms with E-state index in [0.717, 1.165) is 23.9 Å². The van der Waals surface area contributed by atoms with E-state index in [9.17, 15) is 0 Å². The van der Waals surface area contributed by atoms with Crippen LogP contribution in [0.4, 0.5) is 5.82 Å². The van der Waals surface area contributed by atoms with Crippen molar-refractivity contribution in [2.24, 2.45) is 0 Å². The van der Waals surface area contributed by atoms with Gasteiger partial charge in [0.1, 0.15) is 12.4 Å². The first-order valence-electron chi connectivity index (χ1n) is 5.95. The number of hydrogen-bond acceptors (Lipinski definition) is 5. The second kappa shape index (κ2) is 4.15. The van der Waals surface area contributed by atoms with Crippen LogP contribution in [0.3, 0.4) is 0 Å². The van der Waals surface area contributed by atoms with Gasteiger partial charge in [-0.1, -0.05) is 19.8 Å². The molecule has 1 aliphatic rings. The van der Waals surface area contributed by atoms with E-state index in [4.69, 9.17) is 0 Å². The van der Waals surface area contributed by atoms with Crippen LogP contribution in [0.25, 0.3) is 11.5 Å². The number of rotatable bonds is 4. The quantitative estimate of drug-likeness (QED) is 0.798. The van der Waals surface area contributed by atoms with Crippen molar-refractivity contribution in [1.82, 2.24) is 30.2 Å². The third-order valence-corrected chi connectivity index (χ3v) is 3.01. The predicted octanol–water partition coefficient (Wildman–Crippen LogP) is 1.03. The van der Waals surface area contributed by atoms with Crippen LogP contribution in [0, 0.1) is 0 Å². The number of aromatic nitrogens is 6. The molecule has 17 heavy (non-hydrogen) atoms. The molecule has 3 heterocycles. The highest BCUT2D eigenvalue weighted by Gasteiger charge is 2.26. The number of tetrazole rings is 1. The van der Waals surface area contributed by atoms with Crippen molar-refractivity contribution in [3.8, 4) is 11.5 Å². The van der Waals surface area contributed by atoms with E-state index in [-0.39, 0.29) is 0 Å². The van der Waals surface area contributed by atoms with E-state index in [1.807, 2.05) is 0 Å². The zero-order valence-corrected chi connectivity index (χ0v) is 9.80. The molecule has 0 atom stereocenters. The molecule has 0 amide bonds. The van der Waals surface area contributed by atoms with Gasteiger partial charge < -0.3 is 9.88 Å². The Morgan fingerprint density at radius 2 is 2.35 bits per heavy atom. The van der Waals surface area contributed by atoms with Crippen molar-refractivity contribution >= 4 is 5.82 Å². The molecule has 90 valence electrons. The van der Waals surface area contributed by atoms with E-state index in [1.54, 1.807) is 11.0 Å². The molecule has 0 spiro atoms. The molecule has 0 saturated heterocycles. The molecule has 7 heteroatoms. The molecule has 3 rings (SSSR count). The van der Waals surface area contributed by atoms with Crippen LogP contribution in [0.5, 0.6) is 0 Å². The lowest BCUT2D eigenvalue weighted by Gasteiger charge is -2.26. The van der Waals surface area contributed by atoms with Crippen molar-refractivity contribution in [2.75, 3.05) is 11.4 Å². The summed E-state index contributed by atoms with van der Waals surface area (Å²) in [6.07, 6.45) is 5.32. The first-order chi connectivity index (χ1) is 8.40. The van der Waals surface area contributed by atoms with E-state index in [0.29, 0.717) is 6.67 Å². The first kappa shape index (κ1) is 10.2. The predicted molar refractivity (Wildman–Crippen MR) is 62.3 cm³/mol. The molecule has 1 aliphatic heterocycles. The molecule has 0 bridgehead atoms. The second-order valence-electron chi connectivity index (χ2n) is 4.22. The van der Waals surface area contributed by atoms with Gasteiger partial charge >= 0.3 is 0 Å². The number of nitrogens with zero attached hydrogens (tertiary/aromatic N) is 6. The van der Waals surface area contributed by atoms with Crippen molar-refractivity contribution in [3.05, 3.63) is 6.33 Å². The van der Waals surface area contributed by atoms with Crippen LogP contribution in [0.2, 0.25) is 0 Å². The molecule has 0 aromatic carbocycles. The highest BCUT2D eigenvalue weighted by molar-refractivity contribution is 5.68. The highest BCUT2D eigenvalue weighted by atomic mass is 15.6. The fourth-order valence-electron chi connectivity index (χ4n) is 2.13. The summed E-state index contributed by atoms with van der Waals surface area (Å²) < 4.78 is 1.80. The number of anilines is 1. The molecule has 0 aliphatic carbocycles. The Bertz CT molecular complexity index is 500. The van der Waals surface area contributed by atoms with E-state index >= 15 is 0 Å². The summed E-state index contributed by atoms with van der Waals surface area (Å²) in [6.45, 7) is 3.88. The van der Waals surface area contributed by atoms with Crippen molar-refractivity contribution in [2.45, 2.75) is 32.9 Å². The van der Waals surface area contributed by atoms with Crippen LogP contribution in [0.15, 0.2) is 6.33 Å². The molecule has 2 aromatic rings. The molecule has 2 aromatic heterocycles. The molecule has 7 nitrogen and oxygen atoms in total. The summed E-state index contributed by atoms with van der Waals surface area (Å²) in [6, 6.07) is 0. The maximum absolute atomic E-state index is 4.36. The van der Waals surface area contributed by atoms with E-state index in [1.165, 1.54) is 19.3 Å². The molecule has 0 fully saturated rings. The van der Waals surface area contributed by atoms with Crippen molar-refractivity contribution in [1.29, 1.82) is 0 Å². The minimum atomic E-state index is 0.684. The summed E-state index contributed by atoms with van der Waals surface area (Å²) in [5.74, 6) is 1.73. The van der Waals surface area contributed by atoms with Crippen LogP contribution in [-0.2, 0) is 6.67 Å². The average molecular weight is 233 g/mol. The Morgan fingerprint density at radius 3 is 3.24 bits per heavy atom. The fraction of sp³-hybridized carbons (Fsp3) is 0.600. The topological polar surface area (TPSA) is 75.5 Å². The number of aromatic amines is 1. The molecular formula is C10H15N7. The minimum absolute atomic E-state index is 0.684. The smallest absolute Gasteiger partial charge is 0.204 e. The zero-order valence-electron chi connectivity index (χ0n) is 9.80. The van der Waals surface area contributed by atoms with Crippen molar-refractivity contribution in [3.63, 3.8) is 0 Å². The van der Waals surface area contributed by atoms with Crippen molar-refractivity contribution < 1.29 is 0 Å². The molecule has 1 N–H and O–H groups in total. The Kier molecular flexibility index (Phi) is 2.50. The maximum atomic E-state index is 4.36. The number of nitrogens with one attached hydrogen (secondary N) is 1. The third-order valence-electron chi connectivity index (χ3n) is 3.01. The Labute approximate surface area is 98.8 Å². The van der Waals surface area contributed by atoms with Gasteiger partial charge in [0.05, 0.1) is 6.33 Å². The van der Waals surface area contributed by atoms with Gasteiger partial charge in [-0.15, -0.1) is 5.10 Å². The maximum Gasteiger partial charge on any atom is 0.204 e. The average Bonchev–Trinajstić information content (AvgIpc) is 2.96. The van der Waals surface area contributed by atoms with Gasteiger partial charge in [-0.05, 0) is 16.8 Å². The Balaban J connectivity index is 1.86. The van der Waals surface area contributed by atoms with Gasteiger partial charge in [0.15, 0.2) is 5.82 Å². The summed E-state index contributed by atoms with van der Waals surface area (Å²) in [7, 11) is 0. The van der Waals surface area contributed by atoms with Gasteiger partial charge in [0.25, 0.3) is 0 Å². The van der Waals surface area contributed by atoms with Crippen LogP contribution in [0.1, 0.15) is 26.2 Å². The van der Waals surface area contributed by atoms with Gasteiger partial charge in [0.2, 0.25) is 5.82 Å². The van der Waals surface area contributed by atoms with E-state index < -0.39 is 0 Å². The normalized spacial score (nSPS) is 13.6. The first-order valence-corrected chi connectivity index (χ1v) is 5.95. The zero-order chi connectivity index (χ0) is 11.7. The lowest BCUT2D eigenvalue weighted by molar-refractivity contribution is 0.534. The summed E-state index contributed by atoms with van der Waals surface area (Å²) in [4.78, 5) is 9.67.